The summed E-state index contributed by atoms with van der Waals surface area (Å²) in [5.74, 6) is 0. The molecule has 0 amide bonds. The Labute approximate surface area is 136 Å². The minimum atomic E-state index is -4.61. The predicted octanol–water partition coefficient (Wildman–Crippen LogP) is -2.61. The van der Waals surface area contributed by atoms with E-state index in [4.69, 9.17) is 19.2 Å². The van der Waals surface area contributed by atoms with Crippen LogP contribution in [0.15, 0.2) is 0 Å². The molecule has 0 unspecified atom stereocenters. The Bertz CT molecular complexity index is 31.5. The summed E-state index contributed by atoms with van der Waals surface area (Å²) in [6.07, 6.45) is 0. The van der Waals surface area contributed by atoms with Gasteiger partial charge in [-0.05, 0) is 0 Å². The van der Waals surface area contributed by atoms with Crippen molar-refractivity contribution in [3.63, 3.8) is 0 Å². The van der Waals surface area contributed by atoms with Gasteiger partial charge in [-0.2, -0.15) is 0 Å². The summed E-state index contributed by atoms with van der Waals surface area (Å²) in [6.45, 7) is 0. The zero-order chi connectivity index (χ0) is 4.50. The zero-order valence-corrected chi connectivity index (χ0v) is 12.3. The molecule has 0 rings (SSSR count). The van der Waals surface area contributed by atoms with E-state index in [1.807, 2.05) is 0 Å². The summed E-state index contributed by atoms with van der Waals surface area (Å²) in [4.78, 5) is 29.3. The van der Waals surface area contributed by atoms with Gasteiger partial charge in [0.1, 0.15) is 0 Å². The van der Waals surface area contributed by atoms with Crippen LogP contribution in [0.5, 0.6) is 0 Å². The Morgan fingerprint density at radius 1 is 0.875 bits per heavy atom. The molecule has 54 valence electrons. The van der Waals surface area contributed by atoms with Gasteiger partial charge in [-0.3, -0.25) is 0 Å². The molecule has 8 heavy (non-hydrogen) atoms. The SMILES string of the molecule is O[Si](O)(O)O.[Ce].[Lu].[Y]. The van der Waals surface area contributed by atoms with Gasteiger partial charge in [0.25, 0.3) is 0 Å². The molecule has 0 aliphatic rings. The van der Waals surface area contributed by atoms with Crippen LogP contribution in [0.1, 0.15) is 0 Å². The summed E-state index contributed by atoms with van der Waals surface area (Å²) < 4.78 is 0. The molecule has 0 aromatic heterocycles. The topological polar surface area (TPSA) is 80.9 Å². The van der Waals surface area contributed by atoms with E-state index in [9.17, 15) is 0 Å². The third-order valence-corrected chi connectivity index (χ3v) is 0. The zero-order valence-electron chi connectivity index (χ0n) is 3.62. The molecule has 0 spiro atoms. The number of rotatable bonds is 0. The first-order valence-electron chi connectivity index (χ1n) is 0.894. The molecule has 4 N–H and O–H groups in total. The number of hydrogen-bond acceptors (Lipinski definition) is 4. The molecule has 8 heteroatoms. The van der Waals surface area contributed by atoms with Crippen molar-refractivity contribution < 1.29 is 131 Å². The minimum absolute atomic E-state index is 0. The van der Waals surface area contributed by atoms with E-state index in [1.165, 1.54) is 0 Å². The molecule has 0 atom stereocenters. The maximum atomic E-state index is 7.33. The van der Waals surface area contributed by atoms with E-state index in [2.05, 4.69) is 0 Å². The molecule has 2 radical (unpaired) electrons. The quantitative estimate of drug-likeness (QED) is 0.275. The third-order valence-electron chi connectivity index (χ3n) is 0. The Kier molecular flexibility index (Phi) is 30.4. The maximum Gasteiger partial charge on any atom is 0.668 e. The van der Waals surface area contributed by atoms with Crippen molar-refractivity contribution in [3.05, 3.63) is 0 Å². The first-order valence-corrected chi connectivity index (χ1v) is 2.68. The molecule has 0 bridgehead atoms. The second-order valence-electron chi connectivity index (χ2n) is 0.600. The van der Waals surface area contributed by atoms with Crippen LogP contribution in [0.4, 0.5) is 0 Å². The molecular formula is H4CeLuO4SiY. The van der Waals surface area contributed by atoms with E-state index in [-0.39, 0.29) is 111 Å². The van der Waals surface area contributed by atoms with E-state index in [1.54, 1.807) is 0 Å². The van der Waals surface area contributed by atoms with E-state index in [0.717, 1.165) is 0 Å². The molecule has 0 fully saturated rings. The largest absolute Gasteiger partial charge is 0.668 e. The van der Waals surface area contributed by atoms with Gasteiger partial charge >= 0.3 is 9.05 Å². The first-order chi connectivity index (χ1) is 2.00. The van der Waals surface area contributed by atoms with Crippen LogP contribution < -0.4 is 0 Å². The molecule has 0 aromatic carbocycles. The van der Waals surface area contributed by atoms with Crippen molar-refractivity contribution in [2.24, 2.45) is 0 Å². The molecule has 0 aliphatic heterocycles. The van der Waals surface area contributed by atoms with Gasteiger partial charge in [-0.15, -0.1) is 0 Å². The predicted molar refractivity (Wildman–Crippen MR) is 14.6 cm³/mol. The van der Waals surface area contributed by atoms with E-state index in [0.29, 0.717) is 0 Å². The summed E-state index contributed by atoms with van der Waals surface area (Å²) >= 11 is 0. The second-order valence-corrected chi connectivity index (χ2v) is 1.80. The summed E-state index contributed by atoms with van der Waals surface area (Å²) in [5.41, 5.74) is 0. The summed E-state index contributed by atoms with van der Waals surface area (Å²) in [5, 5.41) is 0. The smallest absolute Gasteiger partial charge is 0.368 e. The van der Waals surface area contributed by atoms with Crippen LogP contribution in [0.2, 0.25) is 0 Å². The maximum absolute atomic E-state index is 7.33. The average molecular weight is 500 g/mol. The van der Waals surface area contributed by atoms with Gasteiger partial charge in [0.15, 0.2) is 0 Å². The summed E-state index contributed by atoms with van der Waals surface area (Å²) in [7, 11) is -4.61. The molecule has 0 heterocycles. The summed E-state index contributed by atoms with van der Waals surface area (Å²) in [6, 6.07) is 0. The van der Waals surface area contributed by atoms with Crippen LogP contribution >= 0.6 is 0 Å². The van der Waals surface area contributed by atoms with Crippen LogP contribution in [-0.4, -0.2) is 28.2 Å². The monoisotopic (exact) mass is 500 g/mol. The van der Waals surface area contributed by atoms with Gasteiger partial charge in [-0.1, -0.05) is 0 Å². The van der Waals surface area contributed by atoms with Crippen molar-refractivity contribution in [2.45, 2.75) is 0 Å². The second kappa shape index (κ2) is 10.8. The molecule has 0 aliphatic carbocycles. The Morgan fingerprint density at radius 2 is 0.875 bits per heavy atom. The molecule has 4 nitrogen and oxygen atoms in total. The van der Waals surface area contributed by atoms with Crippen LogP contribution in [0.3, 0.4) is 0 Å². The standard InChI is InChI=1S/Ce.Lu.H4O4Si.Y/c;;1-5(2,3)4;/h;;1-4H;. The fraction of sp³-hybridized carbons (Fsp3) is 0. The normalized spacial score (nSPS) is 7.50. The third kappa shape index (κ3) is 52.9. The van der Waals surface area contributed by atoms with Crippen molar-refractivity contribution in [3.8, 4) is 0 Å². The van der Waals surface area contributed by atoms with E-state index >= 15 is 0 Å². The Morgan fingerprint density at radius 3 is 0.875 bits per heavy atom. The van der Waals surface area contributed by atoms with Crippen LogP contribution in [0.25, 0.3) is 0 Å². The van der Waals surface area contributed by atoms with Gasteiger partial charge in [0.05, 0.1) is 0 Å². The Balaban J connectivity index is -0.0000000267. The van der Waals surface area contributed by atoms with E-state index < -0.39 is 9.05 Å². The van der Waals surface area contributed by atoms with Crippen molar-refractivity contribution in [2.75, 3.05) is 0 Å². The fourth-order valence-corrected chi connectivity index (χ4v) is 0. The van der Waals surface area contributed by atoms with Crippen LogP contribution in [0, 0.1) is 78.6 Å². The molecule has 0 saturated carbocycles. The Hall–Kier alpha value is 3.77. The molecule has 0 saturated heterocycles. The van der Waals surface area contributed by atoms with Crippen molar-refractivity contribution >= 4 is 9.05 Å². The average Bonchev–Trinajstić information content (AvgIpc) is 0.722. The minimum Gasteiger partial charge on any atom is -0.368 e. The van der Waals surface area contributed by atoms with Gasteiger partial charge in [0.2, 0.25) is 0 Å². The van der Waals surface area contributed by atoms with Crippen LogP contribution in [-0.2, 0) is 32.7 Å². The van der Waals surface area contributed by atoms with Gasteiger partial charge in [0, 0.05) is 111 Å². The van der Waals surface area contributed by atoms with Crippen molar-refractivity contribution in [1.82, 2.24) is 0 Å². The van der Waals surface area contributed by atoms with Gasteiger partial charge in [-0.25, -0.2) is 0 Å². The fourth-order valence-electron chi connectivity index (χ4n) is 0. The molecular weight excluding hydrogens is 496 g/mol. The first kappa shape index (κ1) is 22.6. The van der Waals surface area contributed by atoms with Gasteiger partial charge < -0.3 is 19.2 Å². The molecule has 0 aromatic rings. The number of hydrogen-bond donors (Lipinski definition) is 4. The van der Waals surface area contributed by atoms with Crippen molar-refractivity contribution in [1.29, 1.82) is 0 Å².